The summed E-state index contributed by atoms with van der Waals surface area (Å²) < 4.78 is 0. The zero-order chi connectivity index (χ0) is 13.3. The summed E-state index contributed by atoms with van der Waals surface area (Å²) in [7, 11) is 0. The molecule has 0 aliphatic rings. The Kier molecular flexibility index (Phi) is 3.42. The lowest BCUT2D eigenvalue weighted by atomic mass is 9.89. The molecule has 0 heterocycles. The van der Waals surface area contributed by atoms with E-state index in [0.29, 0.717) is 11.7 Å². The predicted molar refractivity (Wildman–Crippen MR) is 77.1 cm³/mol. The first-order chi connectivity index (χ1) is 8.50. The maximum absolute atomic E-state index is 10.4. The van der Waals surface area contributed by atoms with Gasteiger partial charge in [-0.2, -0.15) is 0 Å². The van der Waals surface area contributed by atoms with E-state index in [-0.39, 0.29) is 0 Å². The highest BCUT2D eigenvalue weighted by molar-refractivity contribution is 5.76. The first-order valence-electron chi connectivity index (χ1n) is 6.40. The van der Waals surface area contributed by atoms with Gasteiger partial charge in [-0.05, 0) is 36.5 Å². The van der Waals surface area contributed by atoms with Crippen molar-refractivity contribution in [1.82, 2.24) is 0 Å². The van der Waals surface area contributed by atoms with Gasteiger partial charge in [0.25, 0.3) is 0 Å². The Hall–Kier alpha value is -1.76. The lowest BCUT2D eigenvalue weighted by molar-refractivity contribution is 0.472. The summed E-state index contributed by atoms with van der Waals surface area (Å²) in [5.74, 6) is 0.804. The zero-order valence-corrected chi connectivity index (χ0v) is 11.5. The van der Waals surface area contributed by atoms with Crippen molar-refractivity contribution in [2.75, 3.05) is 0 Å². The minimum atomic E-state index is 0.395. The second kappa shape index (κ2) is 4.85. The van der Waals surface area contributed by atoms with Crippen molar-refractivity contribution < 1.29 is 5.11 Å². The third kappa shape index (κ3) is 2.26. The Balaban J connectivity index is 2.72. The Morgan fingerprint density at radius 2 is 1.72 bits per heavy atom. The summed E-state index contributed by atoms with van der Waals surface area (Å²) in [4.78, 5) is 0. The Morgan fingerprint density at radius 1 is 1.00 bits per heavy atom. The maximum atomic E-state index is 10.4. The van der Waals surface area contributed by atoms with Crippen molar-refractivity contribution >= 4 is 0 Å². The van der Waals surface area contributed by atoms with E-state index < -0.39 is 0 Å². The van der Waals surface area contributed by atoms with Crippen molar-refractivity contribution in [3.8, 4) is 16.9 Å². The Morgan fingerprint density at radius 3 is 2.33 bits per heavy atom. The van der Waals surface area contributed by atoms with Crippen molar-refractivity contribution in [2.24, 2.45) is 0 Å². The van der Waals surface area contributed by atoms with E-state index in [2.05, 4.69) is 45.0 Å². The molecule has 18 heavy (non-hydrogen) atoms. The van der Waals surface area contributed by atoms with Crippen LogP contribution < -0.4 is 0 Å². The molecule has 0 radical (unpaired) electrons. The van der Waals surface area contributed by atoms with E-state index in [1.807, 2.05) is 19.1 Å². The summed E-state index contributed by atoms with van der Waals surface area (Å²) in [5.41, 5.74) is 5.41. The Labute approximate surface area is 109 Å². The van der Waals surface area contributed by atoms with Gasteiger partial charge in [0, 0.05) is 5.56 Å². The lowest BCUT2D eigenvalue weighted by Crippen LogP contribution is -1.95. The van der Waals surface area contributed by atoms with Gasteiger partial charge in [-0.1, -0.05) is 55.8 Å². The summed E-state index contributed by atoms with van der Waals surface area (Å²) in [6, 6.07) is 12.4. The van der Waals surface area contributed by atoms with Gasteiger partial charge in [0.1, 0.15) is 5.75 Å². The third-order valence-corrected chi connectivity index (χ3v) is 3.34. The fourth-order valence-electron chi connectivity index (χ4n) is 2.30. The van der Waals surface area contributed by atoms with Gasteiger partial charge < -0.3 is 5.11 Å². The standard InChI is InChI=1S/C17H20O/c1-11(2)15-9-8-13(4)17(18)16(15)14-7-5-6-12(3)10-14/h5-11,18H,1-4H3. The van der Waals surface area contributed by atoms with Gasteiger partial charge in [-0.25, -0.2) is 0 Å². The highest BCUT2D eigenvalue weighted by Crippen LogP contribution is 2.38. The molecule has 0 amide bonds. The second-order valence-corrected chi connectivity index (χ2v) is 5.22. The summed E-state index contributed by atoms with van der Waals surface area (Å²) in [6.07, 6.45) is 0. The van der Waals surface area contributed by atoms with Crippen LogP contribution in [0.3, 0.4) is 0 Å². The molecule has 1 heteroatoms. The van der Waals surface area contributed by atoms with E-state index in [1.54, 1.807) is 0 Å². The minimum absolute atomic E-state index is 0.395. The molecule has 0 aromatic heterocycles. The van der Waals surface area contributed by atoms with Crippen LogP contribution in [0.15, 0.2) is 36.4 Å². The molecule has 0 bridgehead atoms. The molecule has 0 aliphatic carbocycles. The van der Waals surface area contributed by atoms with Crippen molar-refractivity contribution in [1.29, 1.82) is 0 Å². The molecule has 94 valence electrons. The molecule has 0 aliphatic heterocycles. The van der Waals surface area contributed by atoms with Gasteiger partial charge in [0.15, 0.2) is 0 Å². The second-order valence-electron chi connectivity index (χ2n) is 5.22. The number of hydrogen-bond donors (Lipinski definition) is 1. The van der Waals surface area contributed by atoms with Gasteiger partial charge in [0.2, 0.25) is 0 Å². The molecule has 0 atom stereocenters. The van der Waals surface area contributed by atoms with Crippen LogP contribution in [-0.4, -0.2) is 5.11 Å². The van der Waals surface area contributed by atoms with Crippen LogP contribution in [-0.2, 0) is 0 Å². The fraction of sp³-hybridized carbons (Fsp3) is 0.294. The highest BCUT2D eigenvalue weighted by Gasteiger charge is 2.14. The van der Waals surface area contributed by atoms with E-state index >= 15 is 0 Å². The van der Waals surface area contributed by atoms with Gasteiger partial charge in [-0.3, -0.25) is 0 Å². The molecule has 0 saturated carbocycles. The molecule has 1 nitrogen and oxygen atoms in total. The van der Waals surface area contributed by atoms with E-state index in [1.165, 1.54) is 11.1 Å². The number of phenols is 1. The quantitative estimate of drug-likeness (QED) is 0.799. The highest BCUT2D eigenvalue weighted by atomic mass is 16.3. The first-order valence-corrected chi connectivity index (χ1v) is 6.40. The lowest BCUT2D eigenvalue weighted by Gasteiger charge is -2.16. The Bertz CT molecular complexity index is 568. The van der Waals surface area contributed by atoms with E-state index in [9.17, 15) is 5.11 Å². The van der Waals surface area contributed by atoms with Crippen molar-refractivity contribution in [3.63, 3.8) is 0 Å². The van der Waals surface area contributed by atoms with Crippen molar-refractivity contribution in [2.45, 2.75) is 33.6 Å². The molecule has 2 rings (SSSR count). The normalized spacial score (nSPS) is 10.9. The van der Waals surface area contributed by atoms with Crippen LogP contribution in [0.25, 0.3) is 11.1 Å². The predicted octanol–water partition coefficient (Wildman–Crippen LogP) is 4.80. The molecule has 0 fully saturated rings. The number of benzene rings is 2. The SMILES string of the molecule is Cc1cccc(-c2c(C(C)C)ccc(C)c2O)c1. The average molecular weight is 240 g/mol. The summed E-state index contributed by atoms with van der Waals surface area (Å²) in [6.45, 7) is 8.33. The molecular weight excluding hydrogens is 220 g/mol. The molecule has 0 spiro atoms. The van der Waals surface area contributed by atoms with Crippen LogP contribution >= 0.6 is 0 Å². The number of aromatic hydroxyl groups is 1. The number of hydrogen-bond acceptors (Lipinski definition) is 1. The molecule has 2 aromatic rings. The topological polar surface area (TPSA) is 20.2 Å². The zero-order valence-electron chi connectivity index (χ0n) is 11.5. The molecule has 0 unspecified atom stereocenters. The van der Waals surface area contributed by atoms with Crippen molar-refractivity contribution in [3.05, 3.63) is 53.1 Å². The van der Waals surface area contributed by atoms with Crippen LogP contribution in [0.4, 0.5) is 0 Å². The maximum Gasteiger partial charge on any atom is 0.126 e. The number of aryl methyl sites for hydroxylation is 2. The van der Waals surface area contributed by atoms with E-state index in [0.717, 1.165) is 16.7 Å². The average Bonchev–Trinajstić information content (AvgIpc) is 2.32. The van der Waals surface area contributed by atoms with Crippen LogP contribution in [0, 0.1) is 13.8 Å². The smallest absolute Gasteiger partial charge is 0.126 e. The van der Waals surface area contributed by atoms with E-state index in [4.69, 9.17) is 0 Å². The monoisotopic (exact) mass is 240 g/mol. The molecule has 0 saturated heterocycles. The van der Waals surface area contributed by atoms with Crippen LogP contribution in [0.1, 0.15) is 36.5 Å². The molecular formula is C17H20O. The fourth-order valence-corrected chi connectivity index (χ4v) is 2.30. The summed E-state index contributed by atoms with van der Waals surface area (Å²) in [5, 5.41) is 10.4. The van der Waals surface area contributed by atoms with Gasteiger partial charge in [-0.15, -0.1) is 0 Å². The van der Waals surface area contributed by atoms with Gasteiger partial charge >= 0.3 is 0 Å². The van der Waals surface area contributed by atoms with Crippen LogP contribution in [0.5, 0.6) is 5.75 Å². The minimum Gasteiger partial charge on any atom is -0.507 e. The number of rotatable bonds is 2. The first kappa shape index (κ1) is 12.7. The van der Waals surface area contributed by atoms with Crippen LogP contribution in [0.2, 0.25) is 0 Å². The summed E-state index contributed by atoms with van der Waals surface area (Å²) >= 11 is 0. The van der Waals surface area contributed by atoms with Gasteiger partial charge in [0.05, 0.1) is 0 Å². The largest absolute Gasteiger partial charge is 0.507 e. The number of phenolic OH excluding ortho intramolecular Hbond substituents is 1. The molecule has 2 aromatic carbocycles. The third-order valence-electron chi connectivity index (χ3n) is 3.34. The molecule has 1 N–H and O–H groups in total.